The number of hydrogen-bond acceptors (Lipinski definition) is 4. The number of hydrogen-bond donors (Lipinski definition) is 2. The lowest BCUT2D eigenvalue weighted by Gasteiger charge is -2.18. The molecule has 0 radical (unpaired) electrons. The number of nitrogens with zero attached hydrogens (tertiary/aromatic N) is 2. The second-order valence-corrected chi connectivity index (χ2v) is 4.71. The number of carboxylic acid groups (broad SMARTS) is 1. The number of carboxylic acids is 1. The number of anilines is 1. The molecule has 1 aromatic carbocycles. The predicted octanol–water partition coefficient (Wildman–Crippen LogP) is 2.15. The zero-order valence-corrected chi connectivity index (χ0v) is 12.0. The molecule has 0 aliphatic rings. The molecule has 8 nitrogen and oxygen atoms in total. The van der Waals surface area contributed by atoms with Gasteiger partial charge in [0.2, 0.25) is 0 Å². The van der Waals surface area contributed by atoms with Crippen LogP contribution >= 0.6 is 0 Å². The van der Waals surface area contributed by atoms with Gasteiger partial charge in [-0.05, 0) is 25.5 Å². The highest BCUT2D eigenvalue weighted by molar-refractivity contribution is 5.90. The SMILES string of the molecule is Cc1cc(C)c([N+](=O)[O-])cc1NC(=O)N(C)CCC(=O)O. The van der Waals surface area contributed by atoms with Gasteiger partial charge in [0.05, 0.1) is 17.0 Å². The average Bonchev–Trinajstić information content (AvgIpc) is 2.38. The first-order chi connectivity index (χ1) is 9.72. The molecule has 0 saturated heterocycles. The van der Waals surface area contributed by atoms with Gasteiger partial charge in [-0.2, -0.15) is 0 Å². The van der Waals surface area contributed by atoms with E-state index in [9.17, 15) is 19.7 Å². The molecule has 0 saturated carbocycles. The molecule has 8 heteroatoms. The third-order valence-corrected chi connectivity index (χ3v) is 2.99. The molecule has 0 bridgehead atoms. The van der Waals surface area contributed by atoms with Crippen LogP contribution in [0.1, 0.15) is 17.5 Å². The van der Waals surface area contributed by atoms with Crippen LogP contribution in [0, 0.1) is 24.0 Å². The maximum absolute atomic E-state index is 11.9. The third-order valence-electron chi connectivity index (χ3n) is 2.99. The number of nitrogens with one attached hydrogen (secondary N) is 1. The summed E-state index contributed by atoms with van der Waals surface area (Å²) < 4.78 is 0. The zero-order valence-electron chi connectivity index (χ0n) is 12.0. The largest absolute Gasteiger partial charge is 0.481 e. The number of rotatable bonds is 5. The van der Waals surface area contributed by atoms with Gasteiger partial charge in [-0.25, -0.2) is 4.79 Å². The molecule has 0 atom stereocenters. The van der Waals surface area contributed by atoms with E-state index in [0.29, 0.717) is 16.8 Å². The van der Waals surface area contributed by atoms with E-state index in [4.69, 9.17) is 5.11 Å². The van der Waals surface area contributed by atoms with E-state index in [1.807, 2.05) is 0 Å². The molecule has 1 rings (SSSR count). The number of aliphatic carboxylic acids is 1. The van der Waals surface area contributed by atoms with Crippen LogP contribution in [0.25, 0.3) is 0 Å². The van der Waals surface area contributed by atoms with Crippen LogP contribution in [0.15, 0.2) is 12.1 Å². The molecule has 0 aromatic heterocycles. The normalized spacial score (nSPS) is 10.0. The van der Waals surface area contributed by atoms with E-state index in [-0.39, 0.29) is 18.7 Å². The molecule has 2 amide bonds. The molecule has 0 unspecified atom stereocenters. The Balaban J connectivity index is 2.87. The van der Waals surface area contributed by atoms with Crippen LogP contribution in [-0.4, -0.2) is 40.5 Å². The summed E-state index contributed by atoms with van der Waals surface area (Å²) in [5.41, 5.74) is 1.45. The lowest BCUT2D eigenvalue weighted by Crippen LogP contribution is -2.33. The number of carbonyl (C=O) groups is 2. The number of amides is 2. The van der Waals surface area contributed by atoms with Crippen LogP contribution in [0.5, 0.6) is 0 Å². The molecule has 0 heterocycles. The number of nitro groups is 1. The molecule has 0 fully saturated rings. The number of aryl methyl sites for hydroxylation is 2. The first-order valence-corrected chi connectivity index (χ1v) is 6.22. The van der Waals surface area contributed by atoms with Crippen molar-refractivity contribution in [2.75, 3.05) is 18.9 Å². The summed E-state index contributed by atoms with van der Waals surface area (Å²) in [6.07, 6.45) is -0.170. The summed E-state index contributed by atoms with van der Waals surface area (Å²) in [5.74, 6) is -1.00. The Morgan fingerprint density at radius 1 is 1.33 bits per heavy atom. The van der Waals surface area contributed by atoms with Crippen LogP contribution in [0.2, 0.25) is 0 Å². The van der Waals surface area contributed by atoms with Gasteiger partial charge in [-0.15, -0.1) is 0 Å². The van der Waals surface area contributed by atoms with Crippen molar-refractivity contribution in [1.82, 2.24) is 4.90 Å². The van der Waals surface area contributed by atoms with Gasteiger partial charge in [0.1, 0.15) is 0 Å². The van der Waals surface area contributed by atoms with Gasteiger partial charge in [-0.3, -0.25) is 14.9 Å². The summed E-state index contributed by atoms with van der Waals surface area (Å²) in [4.78, 5) is 33.9. The van der Waals surface area contributed by atoms with E-state index in [0.717, 1.165) is 0 Å². The van der Waals surface area contributed by atoms with Crippen molar-refractivity contribution in [3.63, 3.8) is 0 Å². The van der Waals surface area contributed by atoms with E-state index in [1.165, 1.54) is 18.0 Å². The van der Waals surface area contributed by atoms with E-state index in [2.05, 4.69) is 5.32 Å². The average molecular weight is 295 g/mol. The van der Waals surface area contributed by atoms with Gasteiger partial charge in [0, 0.05) is 25.2 Å². The maximum Gasteiger partial charge on any atom is 0.321 e. The molecule has 2 N–H and O–H groups in total. The standard InChI is InChI=1S/C13H17N3O5/c1-8-6-9(2)11(16(20)21)7-10(8)14-13(19)15(3)5-4-12(17)18/h6-7H,4-5H2,1-3H3,(H,14,19)(H,17,18). The minimum absolute atomic E-state index is 0.0498. The Bertz CT molecular complexity index is 585. The lowest BCUT2D eigenvalue weighted by atomic mass is 10.1. The van der Waals surface area contributed by atoms with Crippen LogP contribution in [0.4, 0.5) is 16.2 Å². The summed E-state index contributed by atoms with van der Waals surface area (Å²) in [6, 6.07) is 2.40. The van der Waals surface area contributed by atoms with Crippen molar-refractivity contribution in [2.24, 2.45) is 0 Å². The van der Waals surface area contributed by atoms with Gasteiger partial charge < -0.3 is 15.3 Å². The quantitative estimate of drug-likeness (QED) is 0.638. The van der Waals surface area contributed by atoms with E-state index < -0.39 is 16.9 Å². The first kappa shape index (κ1) is 16.4. The maximum atomic E-state index is 11.9. The van der Waals surface area contributed by atoms with Crippen molar-refractivity contribution in [3.8, 4) is 0 Å². The molecular formula is C13H17N3O5. The Labute approximate surface area is 121 Å². The molecule has 0 aliphatic heterocycles. The minimum Gasteiger partial charge on any atom is -0.481 e. The fourth-order valence-electron chi connectivity index (χ4n) is 1.75. The smallest absolute Gasteiger partial charge is 0.321 e. The molecule has 21 heavy (non-hydrogen) atoms. The molecular weight excluding hydrogens is 278 g/mol. The minimum atomic E-state index is -1.00. The van der Waals surface area contributed by atoms with Gasteiger partial charge in [0.15, 0.2) is 0 Å². The van der Waals surface area contributed by atoms with Crippen molar-refractivity contribution < 1.29 is 19.6 Å². The monoisotopic (exact) mass is 295 g/mol. The highest BCUT2D eigenvalue weighted by Gasteiger charge is 2.16. The molecule has 1 aromatic rings. The van der Waals surface area contributed by atoms with Crippen LogP contribution < -0.4 is 5.32 Å². The fraction of sp³-hybridized carbons (Fsp3) is 0.385. The van der Waals surface area contributed by atoms with Crippen molar-refractivity contribution in [3.05, 3.63) is 33.4 Å². The number of benzene rings is 1. The van der Waals surface area contributed by atoms with E-state index in [1.54, 1.807) is 19.9 Å². The van der Waals surface area contributed by atoms with Crippen molar-refractivity contribution >= 4 is 23.4 Å². The van der Waals surface area contributed by atoms with E-state index >= 15 is 0 Å². The zero-order chi connectivity index (χ0) is 16.2. The fourth-order valence-corrected chi connectivity index (χ4v) is 1.75. The third kappa shape index (κ3) is 4.44. The number of nitro benzene ring substituents is 1. The molecule has 0 spiro atoms. The Morgan fingerprint density at radius 2 is 1.95 bits per heavy atom. The van der Waals surface area contributed by atoms with Crippen LogP contribution in [-0.2, 0) is 4.79 Å². The summed E-state index contributed by atoms with van der Waals surface area (Å²) in [6.45, 7) is 3.40. The van der Waals surface area contributed by atoms with Gasteiger partial charge in [0.25, 0.3) is 5.69 Å². The summed E-state index contributed by atoms with van der Waals surface area (Å²) in [7, 11) is 1.45. The highest BCUT2D eigenvalue weighted by Crippen LogP contribution is 2.26. The highest BCUT2D eigenvalue weighted by atomic mass is 16.6. The molecule has 0 aliphatic carbocycles. The Kier molecular flexibility index (Phi) is 5.23. The predicted molar refractivity (Wildman–Crippen MR) is 76.5 cm³/mol. The Morgan fingerprint density at radius 3 is 2.48 bits per heavy atom. The number of urea groups is 1. The second-order valence-electron chi connectivity index (χ2n) is 4.71. The van der Waals surface area contributed by atoms with Crippen molar-refractivity contribution in [2.45, 2.75) is 20.3 Å². The van der Waals surface area contributed by atoms with Crippen LogP contribution in [0.3, 0.4) is 0 Å². The second kappa shape index (κ2) is 6.69. The Hall–Kier alpha value is -2.64. The first-order valence-electron chi connectivity index (χ1n) is 6.22. The van der Waals surface area contributed by atoms with Gasteiger partial charge >= 0.3 is 12.0 Å². The lowest BCUT2D eigenvalue weighted by molar-refractivity contribution is -0.385. The summed E-state index contributed by atoms with van der Waals surface area (Å²) >= 11 is 0. The number of carbonyl (C=O) groups excluding carboxylic acids is 1. The summed E-state index contributed by atoms with van der Waals surface area (Å²) in [5, 5.41) is 22.0. The van der Waals surface area contributed by atoms with Crippen molar-refractivity contribution in [1.29, 1.82) is 0 Å². The topological polar surface area (TPSA) is 113 Å². The molecule has 114 valence electrons. The van der Waals surface area contributed by atoms with Gasteiger partial charge in [-0.1, -0.05) is 0 Å².